The third-order valence-electron chi connectivity index (χ3n) is 9.54. The van der Waals surface area contributed by atoms with Gasteiger partial charge in [0.15, 0.2) is 0 Å². The van der Waals surface area contributed by atoms with Crippen LogP contribution in [-0.2, 0) is 0 Å². The van der Waals surface area contributed by atoms with Gasteiger partial charge in [0.2, 0.25) is 0 Å². The second-order valence-electron chi connectivity index (χ2n) is 11.7. The van der Waals surface area contributed by atoms with E-state index in [-0.39, 0.29) is 5.92 Å². The first-order valence-electron chi connectivity index (χ1n) is 14.2. The molecule has 0 bridgehead atoms. The SMILES string of the molecule is CCC[C@H]1CC[C@H](CC(C#N)C2CCC(CC(F)[C@H]3CC[C@H](CCC)CC3)CC2)CC1. The smallest absolute Gasteiger partial charge is 0.103 e. The zero-order chi connectivity index (χ0) is 22.1. The van der Waals surface area contributed by atoms with E-state index in [0.717, 1.165) is 56.3 Å². The number of halogens is 1. The Morgan fingerprint density at radius 3 is 1.58 bits per heavy atom. The van der Waals surface area contributed by atoms with Crippen molar-refractivity contribution in [3.63, 3.8) is 0 Å². The van der Waals surface area contributed by atoms with E-state index in [1.54, 1.807) is 0 Å². The molecule has 3 aliphatic rings. The van der Waals surface area contributed by atoms with Crippen LogP contribution >= 0.6 is 0 Å². The van der Waals surface area contributed by atoms with E-state index in [0.29, 0.717) is 17.8 Å². The fourth-order valence-electron chi connectivity index (χ4n) is 7.46. The van der Waals surface area contributed by atoms with Crippen molar-refractivity contribution in [1.29, 1.82) is 5.26 Å². The van der Waals surface area contributed by atoms with Crippen LogP contribution in [0.3, 0.4) is 0 Å². The fourth-order valence-corrected chi connectivity index (χ4v) is 7.46. The molecule has 31 heavy (non-hydrogen) atoms. The Kier molecular flexibility index (Phi) is 10.7. The summed E-state index contributed by atoms with van der Waals surface area (Å²) in [4.78, 5) is 0. The van der Waals surface area contributed by atoms with E-state index in [9.17, 15) is 5.26 Å². The molecule has 3 fully saturated rings. The average Bonchev–Trinajstić information content (AvgIpc) is 2.80. The maximum Gasteiger partial charge on any atom is 0.103 e. The molecule has 178 valence electrons. The number of nitrogens with zero attached hydrogens (tertiary/aromatic N) is 1. The fraction of sp³-hybridized carbons (Fsp3) is 0.966. The molecule has 1 nitrogen and oxygen atoms in total. The summed E-state index contributed by atoms with van der Waals surface area (Å²) in [7, 11) is 0. The number of alkyl halides is 1. The average molecular weight is 432 g/mol. The van der Waals surface area contributed by atoms with Crippen LogP contribution in [-0.4, -0.2) is 6.17 Å². The third-order valence-corrected chi connectivity index (χ3v) is 9.54. The van der Waals surface area contributed by atoms with Crippen LogP contribution < -0.4 is 0 Å². The van der Waals surface area contributed by atoms with Crippen molar-refractivity contribution in [2.45, 2.75) is 136 Å². The minimum Gasteiger partial charge on any atom is -0.247 e. The number of rotatable bonds is 10. The molecule has 0 aromatic carbocycles. The Morgan fingerprint density at radius 2 is 1.06 bits per heavy atom. The van der Waals surface area contributed by atoms with Gasteiger partial charge < -0.3 is 0 Å². The highest BCUT2D eigenvalue weighted by Gasteiger charge is 2.34. The second-order valence-corrected chi connectivity index (χ2v) is 11.7. The van der Waals surface area contributed by atoms with E-state index in [1.807, 2.05) is 0 Å². The first-order chi connectivity index (χ1) is 15.1. The molecule has 0 heterocycles. The van der Waals surface area contributed by atoms with Gasteiger partial charge in [-0.15, -0.1) is 0 Å². The van der Waals surface area contributed by atoms with Gasteiger partial charge in [-0.2, -0.15) is 5.26 Å². The predicted octanol–water partition coefficient (Wildman–Crippen LogP) is 9.26. The highest BCUT2D eigenvalue weighted by atomic mass is 19.1. The van der Waals surface area contributed by atoms with E-state index < -0.39 is 6.17 Å². The first-order valence-corrected chi connectivity index (χ1v) is 14.2. The van der Waals surface area contributed by atoms with E-state index >= 15 is 4.39 Å². The van der Waals surface area contributed by atoms with Crippen LogP contribution in [0.15, 0.2) is 0 Å². The molecule has 0 amide bonds. The van der Waals surface area contributed by atoms with Crippen molar-refractivity contribution in [2.75, 3.05) is 0 Å². The molecular weight excluding hydrogens is 381 g/mol. The largest absolute Gasteiger partial charge is 0.247 e. The van der Waals surface area contributed by atoms with Crippen molar-refractivity contribution in [3.05, 3.63) is 0 Å². The Balaban J connectivity index is 1.35. The van der Waals surface area contributed by atoms with Crippen LogP contribution in [0.4, 0.5) is 4.39 Å². The van der Waals surface area contributed by atoms with Gasteiger partial charge in [-0.3, -0.25) is 0 Å². The van der Waals surface area contributed by atoms with E-state index in [4.69, 9.17) is 0 Å². The molecule has 0 N–H and O–H groups in total. The summed E-state index contributed by atoms with van der Waals surface area (Å²) in [6.45, 7) is 4.58. The van der Waals surface area contributed by atoms with Crippen LogP contribution in [0.25, 0.3) is 0 Å². The topological polar surface area (TPSA) is 23.8 Å². The van der Waals surface area contributed by atoms with Gasteiger partial charge in [-0.25, -0.2) is 4.39 Å². The Bertz CT molecular complexity index is 515. The van der Waals surface area contributed by atoms with Crippen LogP contribution in [0.5, 0.6) is 0 Å². The number of hydrogen-bond acceptors (Lipinski definition) is 1. The molecule has 0 aliphatic heterocycles. The third kappa shape index (κ3) is 7.75. The molecule has 0 aromatic rings. The highest BCUT2D eigenvalue weighted by molar-refractivity contribution is 4.93. The lowest BCUT2D eigenvalue weighted by Crippen LogP contribution is -2.28. The summed E-state index contributed by atoms with van der Waals surface area (Å²) >= 11 is 0. The maximum atomic E-state index is 15.1. The lowest BCUT2D eigenvalue weighted by molar-refractivity contribution is 0.108. The summed E-state index contributed by atoms with van der Waals surface area (Å²) < 4.78 is 15.1. The van der Waals surface area contributed by atoms with Crippen molar-refractivity contribution in [2.24, 2.45) is 41.4 Å². The van der Waals surface area contributed by atoms with Gasteiger partial charge in [0, 0.05) is 5.92 Å². The van der Waals surface area contributed by atoms with Gasteiger partial charge in [-0.05, 0) is 74.0 Å². The molecule has 0 aromatic heterocycles. The lowest BCUT2D eigenvalue weighted by atomic mass is 9.69. The van der Waals surface area contributed by atoms with Crippen molar-refractivity contribution < 1.29 is 4.39 Å². The summed E-state index contributed by atoms with van der Waals surface area (Å²) in [5.74, 6) is 4.35. The molecule has 3 rings (SSSR count). The van der Waals surface area contributed by atoms with Gasteiger partial charge in [0.1, 0.15) is 6.17 Å². The molecule has 2 atom stereocenters. The highest BCUT2D eigenvalue weighted by Crippen LogP contribution is 2.43. The number of hydrogen-bond donors (Lipinski definition) is 0. The summed E-state index contributed by atoms with van der Waals surface area (Å²) in [5.41, 5.74) is 0. The zero-order valence-corrected chi connectivity index (χ0v) is 20.7. The van der Waals surface area contributed by atoms with E-state index in [2.05, 4.69) is 19.9 Å². The van der Waals surface area contributed by atoms with Crippen molar-refractivity contribution in [1.82, 2.24) is 0 Å². The quantitative estimate of drug-likeness (QED) is 0.338. The molecule has 2 unspecified atom stereocenters. The minimum atomic E-state index is -0.575. The molecule has 3 saturated carbocycles. The van der Waals surface area contributed by atoms with Gasteiger partial charge >= 0.3 is 0 Å². The molecule has 0 radical (unpaired) electrons. The van der Waals surface area contributed by atoms with Crippen LogP contribution in [0, 0.1) is 52.8 Å². The monoisotopic (exact) mass is 431 g/mol. The summed E-state index contributed by atoms with van der Waals surface area (Å²) in [6.07, 6.45) is 21.6. The van der Waals surface area contributed by atoms with Crippen molar-refractivity contribution >= 4 is 0 Å². The van der Waals surface area contributed by atoms with E-state index in [1.165, 1.54) is 77.0 Å². The summed E-state index contributed by atoms with van der Waals surface area (Å²) in [6, 6.07) is 2.70. The Labute approximate surface area is 192 Å². The molecule has 3 aliphatic carbocycles. The van der Waals surface area contributed by atoms with Gasteiger partial charge in [0.05, 0.1) is 6.07 Å². The second kappa shape index (κ2) is 13.2. The maximum absolute atomic E-state index is 15.1. The molecule has 2 heteroatoms. The molecular formula is C29H50FN. The van der Waals surface area contributed by atoms with Gasteiger partial charge in [-0.1, -0.05) is 90.9 Å². The minimum absolute atomic E-state index is 0.253. The first kappa shape index (κ1) is 25.1. The van der Waals surface area contributed by atoms with Crippen LogP contribution in [0.2, 0.25) is 0 Å². The zero-order valence-electron chi connectivity index (χ0n) is 20.7. The number of nitriles is 1. The summed E-state index contributed by atoms with van der Waals surface area (Å²) in [5, 5.41) is 9.88. The van der Waals surface area contributed by atoms with Crippen molar-refractivity contribution in [3.8, 4) is 6.07 Å². The Hall–Kier alpha value is -0.580. The van der Waals surface area contributed by atoms with Crippen LogP contribution in [0.1, 0.15) is 129 Å². The lowest BCUT2D eigenvalue weighted by Gasteiger charge is -2.36. The molecule has 0 saturated heterocycles. The standard InChI is InChI=1S/C29H50FN/c1-3-5-22-7-9-24(10-8-22)19-28(21-31)26-15-13-25(14-16-26)20-29(30)27-17-11-23(6-4-2)12-18-27/h22-29H,3-20H2,1-2H3/t22-,23-,24-,25?,26?,27-,28?,29?. The Morgan fingerprint density at radius 1 is 0.645 bits per heavy atom. The molecule has 0 spiro atoms. The van der Waals surface area contributed by atoms with Gasteiger partial charge in [0.25, 0.3) is 0 Å². The normalized spacial score (nSPS) is 36.5. The predicted molar refractivity (Wildman–Crippen MR) is 129 cm³/mol.